The van der Waals surface area contributed by atoms with Gasteiger partial charge in [-0.3, -0.25) is 4.79 Å². The fourth-order valence-corrected chi connectivity index (χ4v) is 1.11. The molecule has 0 aliphatic rings. The zero-order valence-corrected chi connectivity index (χ0v) is 8.08. The number of nitrogens with one attached hydrogen (secondary N) is 2. The van der Waals surface area contributed by atoms with E-state index in [4.69, 9.17) is 17.0 Å². The Morgan fingerprint density at radius 2 is 2.21 bits per heavy atom. The molecule has 0 aliphatic heterocycles. The second-order valence-corrected chi connectivity index (χ2v) is 2.96. The maximum absolute atomic E-state index is 10.6. The minimum absolute atomic E-state index is 0.532. The average molecular weight is 209 g/mol. The third-order valence-electron chi connectivity index (χ3n) is 1.57. The van der Waals surface area contributed by atoms with Gasteiger partial charge in [-0.2, -0.15) is 0 Å². The number of hydrogen-bond donors (Lipinski definition) is 2. The molecule has 0 amide bonds. The summed E-state index contributed by atoms with van der Waals surface area (Å²) < 4.78 is 0. The first-order chi connectivity index (χ1) is 6.77. The van der Waals surface area contributed by atoms with Crippen molar-refractivity contribution in [2.45, 2.75) is 0 Å². The van der Waals surface area contributed by atoms with Crippen LogP contribution >= 0.6 is 11.6 Å². The molecular formula is C10H9ClN2O. The van der Waals surface area contributed by atoms with E-state index in [1.165, 1.54) is 6.08 Å². The highest BCUT2D eigenvalue weighted by Gasteiger charge is 1.99. The first kappa shape index (κ1) is 10.5. The second-order valence-electron chi connectivity index (χ2n) is 2.52. The molecule has 0 atom stereocenters. The maximum Gasteiger partial charge on any atom is 0.152 e. The highest BCUT2D eigenvalue weighted by Crippen LogP contribution is 2.19. The van der Waals surface area contributed by atoms with Crippen molar-refractivity contribution in [1.29, 1.82) is 5.41 Å². The Morgan fingerprint density at radius 1 is 1.43 bits per heavy atom. The molecule has 0 radical (unpaired) electrons. The minimum Gasteiger partial charge on any atom is -0.361 e. The van der Waals surface area contributed by atoms with Crippen LogP contribution in [0.25, 0.3) is 0 Å². The standard InChI is InChI=1S/C10H9ClN2O/c11-9-3-2-8(7-14)10(6-9)13-5-1-4-12/h1-7,12-13H/b5-1-,12-4?. The summed E-state index contributed by atoms with van der Waals surface area (Å²) >= 11 is 5.76. The molecule has 1 aromatic carbocycles. The Kier molecular flexibility index (Phi) is 3.88. The maximum atomic E-state index is 10.6. The summed E-state index contributed by atoms with van der Waals surface area (Å²) in [6, 6.07) is 4.94. The van der Waals surface area contributed by atoms with Crippen molar-refractivity contribution in [3.63, 3.8) is 0 Å². The lowest BCUT2D eigenvalue weighted by Gasteiger charge is -2.03. The third kappa shape index (κ3) is 2.71. The highest BCUT2D eigenvalue weighted by atomic mass is 35.5. The van der Waals surface area contributed by atoms with Crippen molar-refractivity contribution in [2.75, 3.05) is 5.32 Å². The van der Waals surface area contributed by atoms with Gasteiger partial charge >= 0.3 is 0 Å². The van der Waals surface area contributed by atoms with E-state index < -0.39 is 0 Å². The Hall–Kier alpha value is -1.61. The van der Waals surface area contributed by atoms with E-state index in [0.29, 0.717) is 16.3 Å². The molecule has 3 nitrogen and oxygen atoms in total. The minimum atomic E-state index is 0.532. The lowest BCUT2D eigenvalue weighted by molar-refractivity contribution is 0.112. The summed E-state index contributed by atoms with van der Waals surface area (Å²) in [5.41, 5.74) is 1.16. The Labute approximate surface area is 86.9 Å². The van der Waals surface area contributed by atoms with Crippen molar-refractivity contribution in [1.82, 2.24) is 0 Å². The van der Waals surface area contributed by atoms with Crippen LogP contribution in [0.4, 0.5) is 5.69 Å². The van der Waals surface area contributed by atoms with Crippen LogP contribution in [-0.2, 0) is 0 Å². The number of carbonyl (C=O) groups excluding carboxylic acids is 1. The fourth-order valence-electron chi connectivity index (χ4n) is 0.942. The van der Waals surface area contributed by atoms with Crippen molar-refractivity contribution < 1.29 is 4.79 Å². The van der Waals surface area contributed by atoms with Gasteiger partial charge < -0.3 is 10.7 Å². The van der Waals surface area contributed by atoms with Crippen LogP contribution in [0.5, 0.6) is 0 Å². The molecule has 4 heteroatoms. The number of allylic oxidation sites excluding steroid dienone is 1. The van der Waals surface area contributed by atoms with Gasteiger partial charge in [-0.05, 0) is 24.3 Å². The topological polar surface area (TPSA) is 53.0 Å². The van der Waals surface area contributed by atoms with Gasteiger partial charge in [0, 0.05) is 23.0 Å². The zero-order valence-electron chi connectivity index (χ0n) is 7.33. The average Bonchev–Trinajstić information content (AvgIpc) is 2.19. The van der Waals surface area contributed by atoms with Crippen LogP contribution in [0, 0.1) is 5.41 Å². The highest BCUT2D eigenvalue weighted by molar-refractivity contribution is 6.31. The Morgan fingerprint density at radius 3 is 2.86 bits per heavy atom. The summed E-state index contributed by atoms with van der Waals surface area (Å²) in [5.74, 6) is 0. The van der Waals surface area contributed by atoms with Crippen molar-refractivity contribution in [2.24, 2.45) is 0 Å². The van der Waals surface area contributed by atoms with Crippen molar-refractivity contribution >= 4 is 29.8 Å². The van der Waals surface area contributed by atoms with Gasteiger partial charge in [-0.15, -0.1) is 0 Å². The number of rotatable bonds is 4. The molecule has 0 aliphatic carbocycles. The van der Waals surface area contributed by atoms with Gasteiger partial charge in [0.05, 0.1) is 5.69 Å². The van der Waals surface area contributed by atoms with Crippen LogP contribution in [0.1, 0.15) is 10.4 Å². The van der Waals surface area contributed by atoms with E-state index in [9.17, 15) is 4.79 Å². The first-order valence-electron chi connectivity index (χ1n) is 3.95. The van der Waals surface area contributed by atoms with E-state index in [-0.39, 0.29) is 0 Å². The molecule has 0 spiro atoms. The van der Waals surface area contributed by atoms with Gasteiger partial charge in [0.1, 0.15) is 0 Å². The normalized spacial score (nSPS) is 10.1. The molecule has 0 heterocycles. The van der Waals surface area contributed by atoms with Gasteiger partial charge in [-0.25, -0.2) is 0 Å². The molecule has 14 heavy (non-hydrogen) atoms. The van der Waals surface area contributed by atoms with Crippen molar-refractivity contribution in [3.8, 4) is 0 Å². The number of benzene rings is 1. The van der Waals surface area contributed by atoms with E-state index in [2.05, 4.69) is 5.32 Å². The number of hydrogen-bond acceptors (Lipinski definition) is 3. The summed E-state index contributed by atoms with van der Waals surface area (Å²) in [4.78, 5) is 10.6. The monoisotopic (exact) mass is 208 g/mol. The summed E-state index contributed by atoms with van der Waals surface area (Å²) in [6.45, 7) is 0. The number of anilines is 1. The van der Waals surface area contributed by atoms with Crippen molar-refractivity contribution in [3.05, 3.63) is 41.1 Å². The van der Waals surface area contributed by atoms with Crippen LogP contribution in [0.3, 0.4) is 0 Å². The first-order valence-corrected chi connectivity index (χ1v) is 4.32. The molecule has 0 saturated heterocycles. The summed E-state index contributed by atoms with van der Waals surface area (Å²) in [5, 5.41) is 10.2. The number of aldehydes is 1. The zero-order chi connectivity index (χ0) is 10.4. The molecule has 0 unspecified atom stereocenters. The lowest BCUT2D eigenvalue weighted by atomic mass is 10.2. The Bertz CT molecular complexity index is 374. The molecule has 0 fully saturated rings. The van der Waals surface area contributed by atoms with Crippen LogP contribution in [0.15, 0.2) is 30.5 Å². The van der Waals surface area contributed by atoms with E-state index in [1.54, 1.807) is 24.4 Å². The quantitative estimate of drug-likeness (QED) is 0.591. The molecule has 72 valence electrons. The molecule has 1 rings (SSSR count). The molecule has 0 bridgehead atoms. The predicted molar refractivity (Wildman–Crippen MR) is 58.4 cm³/mol. The molecule has 0 aromatic heterocycles. The predicted octanol–water partition coefficient (Wildman–Crippen LogP) is 2.73. The summed E-state index contributed by atoms with van der Waals surface area (Å²) in [7, 11) is 0. The molecule has 2 N–H and O–H groups in total. The van der Waals surface area contributed by atoms with Crippen LogP contribution in [0.2, 0.25) is 5.02 Å². The molecule has 0 saturated carbocycles. The van der Waals surface area contributed by atoms with Gasteiger partial charge in [-0.1, -0.05) is 11.6 Å². The molecule has 1 aromatic rings. The smallest absolute Gasteiger partial charge is 0.152 e. The van der Waals surface area contributed by atoms with Gasteiger partial charge in [0.25, 0.3) is 0 Å². The second kappa shape index (κ2) is 5.19. The third-order valence-corrected chi connectivity index (χ3v) is 1.81. The van der Waals surface area contributed by atoms with Gasteiger partial charge in [0.2, 0.25) is 0 Å². The largest absolute Gasteiger partial charge is 0.361 e. The van der Waals surface area contributed by atoms with E-state index >= 15 is 0 Å². The summed E-state index contributed by atoms with van der Waals surface area (Å²) in [6.07, 6.45) is 4.95. The lowest BCUT2D eigenvalue weighted by Crippen LogP contribution is -1.93. The number of halogens is 1. The van der Waals surface area contributed by atoms with Crippen LogP contribution < -0.4 is 5.32 Å². The Balaban J connectivity index is 2.92. The number of carbonyl (C=O) groups is 1. The van der Waals surface area contributed by atoms with E-state index in [1.807, 2.05) is 0 Å². The van der Waals surface area contributed by atoms with Gasteiger partial charge in [0.15, 0.2) is 6.29 Å². The molecular weight excluding hydrogens is 200 g/mol. The van der Waals surface area contributed by atoms with E-state index in [0.717, 1.165) is 12.5 Å². The van der Waals surface area contributed by atoms with Crippen LogP contribution in [-0.4, -0.2) is 12.5 Å². The SMILES string of the molecule is N=C/C=C\Nc1cc(Cl)ccc1C=O. The fraction of sp³-hybridized carbons (Fsp3) is 0.